The third kappa shape index (κ3) is 4.56. The number of hydrogen-bond acceptors (Lipinski definition) is 4. The van der Waals surface area contributed by atoms with E-state index in [1.165, 1.54) is 12.2 Å². The molecule has 0 spiro atoms. The molecule has 1 atom stereocenters. The van der Waals surface area contributed by atoms with Gasteiger partial charge in [-0.15, -0.1) is 0 Å². The molecular formula is C8H12N2O2. The quantitative estimate of drug-likeness (QED) is 0.468. The van der Waals surface area contributed by atoms with E-state index in [-0.39, 0.29) is 6.04 Å². The molecule has 66 valence electrons. The Hall–Kier alpha value is -1.24. The summed E-state index contributed by atoms with van der Waals surface area (Å²) in [6, 6.07) is -0.158. The molecule has 0 aliphatic rings. The van der Waals surface area contributed by atoms with Gasteiger partial charge in [-0.2, -0.15) is 4.99 Å². The highest BCUT2D eigenvalue weighted by atomic mass is 16.1. The summed E-state index contributed by atoms with van der Waals surface area (Å²) in [7, 11) is 0. The van der Waals surface area contributed by atoms with Crippen LogP contribution in [0, 0.1) is 0 Å². The Kier molecular flexibility index (Phi) is 4.12. The van der Waals surface area contributed by atoms with Crippen molar-refractivity contribution in [2.45, 2.75) is 38.8 Å². The molecule has 0 saturated carbocycles. The molecule has 0 N–H and O–H groups in total. The molecular weight excluding hydrogens is 156 g/mol. The van der Waals surface area contributed by atoms with Crippen LogP contribution in [-0.4, -0.2) is 23.7 Å². The van der Waals surface area contributed by atoms with E-state index in [0.29, 0.717) is 6.42 Å². The summed E-state index contributed by atoms with van der Waals surface area (Å²) in [5.74, 6) is 0. The van der Waals surface area contributed by atoms with Crippen molar-refractivity contribution in [2.75, 3.05) is 0 Å². The summed E-state index contributed by atoms with van der Waals surface area (Å²) in [6.07, 6.45) is 3.50. The van der Waals surface area contributed by atoms with Crippen molar-refractivity contribution in [1.29, 1.82) is 0 Å². The smallest absolute Gasteiger partial charge is 0.211 e. The summed E-state index contributed by atoms with van der Waals surface area (Å²) < 4.78 is 0. The Labute approximate surface area is 71.4 Å². The topological polar surface area (TPSA) is 58.9 Å². The van der Waals surface area contributed by atoms with Crippen LogP contribution in [0.1, 0.15) is 27.2 Å². The molecule has 0 aromatic rings. The fourth-order valence-corrected chi connectivity index (χ4v) is 1.03. The molecule has 0 aliphatic heterocycles. The molecule has 0 radical (unpaired) electrons. The standard InChI is InChI=1S/C8H12N2O2/c1-7(9-5-11)4-8(2,3)10-6-12/h7H,4H2,1-3H3. The zero-order valence-electron chi connectivity index (χ0n) is 7.50. The lowest BCUT2D eigenvalue weighted by Gasteiger charge is -2.18. The van der Waals surface area contributed by atoms with Crippen molar-refractivity contribution in [3.8, 4) is 0 Å². The SMILES string of the molecule is CC(CC(C)(C)N=C=O)N=C=O. The number of hydrogen-bond donors (Lipinski definition) is 0. The van der Waals surface area contributed by atoms with Crippen LogP contribution < -0.4 is 0 Å². The lowest BCUT2D eigenvalue weighted by atomic mass is 9.97. The van der Waals surface area contributed by atoms with Crippen molar-refractivity contribution in [1.82, 2.24) is 0 Å². The molecule has 0 aromatic heterocycles. The second-order valence-corrected chi connectivity index (χ2v) is 3.29. The molecule has 0 heterocycles. The monoisotopic (exact) mass is 168 g/mol. The molecule has 0 aromatic carbocycles. The highest BCUT2D eigenvalue weighted by Gasteiger charge is 2.19. The van der Waals surface area contributed by atoms with Crippen molar-refractivity contribution in [2.24, 2.45) is 9.98 Å². The van der Waals surface area contributed by atoms with Crippen molar-refractivity contribution < 1.29 is 9.59 Å². The first-order valence-corrected chi connectivity index (χ1v) is 3.68. The van der Waals surface area contributed by atoms with Gasteiger partial charge in [0.05, 0.1) is 11.6 Å². The number of rotatable bonds is 4. The molecule has 0 bridgehead atoms. The number of carbonyl (C=O) groups excluding carboxylic acids is 2. The van der Waals surface area contributed by atoms with Gasteiger partial charge in [0.2, 0.25) is 12.2 Å². The van der Waals surface area contributed by atoms with Gasteiger partial charge in [-0.05, 0) is 27.2 Å². The molecule has 4 heteroatoms. The second kappa shape index (κ2) is 4.60. The van der Waals surface area contributed by atoms with E-state index >= 15 is 0 Å². The number of aliphatic imine (C=N–C) groups is 2. The van der Waals surface area contributed by atoms with E-state index in [4.69, 9.17) is 0 Å². The zero-order chi connectivity index (χ0) is 9.61. The highest BCUT2D eigenvalue weighted by molar-refractivity contribution is 5.35. The van der Waals surface area contributed by atoms with Crippen molar-refractivity contribution in [3.63, 3.8) is 0 Å². The third-order valence-corrected chi connectivity index (χ3v) is 1.42. The van der Waals surface area contributed by atoms with Gasteiger partial charge in [-0.1, -0.05) is 0 Å². The molecule has 0 aliphatic carbocycles. The summed E-state index contributed by atoms with van der Waals surface area (Å²) in [5.41, 5.74) is -0.498. The van der Waals surface area contributed by atoms with Gasteiger partial charge in [0, 0.05) is 0 Å². The van der Waals surface area contributed by atoms with Crippen LogP contribution in [0.4, 0.5) is 0 Å². The van der Waals surface area contributed by atoms with Crippen LogP contribution in [-0.2, 0) is 9.59 Å². The molecule has 12 heavy (non-hydrogen) atoms. The average Bonchev–Trinajstić information content (AvgIpc) is 1.85. The van der Waals surface area contributed by atoms with E-state index in [9.17, 15) is 9.59 Å². The fraction of sp³-hybridized carbons (Fsp3) is 0.750. The summed E-state index contributed by atoms with van der Waals surface area (Å²) in [5, 5.41) is 0. The van der Waals surface area contributed by atoms with E-state index in [1.54, 1.807) is 20.8 Å². The average molecular weight is 168 g/mol. The molecule has 4 nitrogen and oxygen atoms in total. The van der Waals surface area contributed by atoms with E-state index in [0.717, 1.165) is 0 Å². The van der Waals surface area contributed by atoms with Gasteiger partial charge < -0.3 is 0 Å². The predicted octanol–water partition coefficient (Wildman–Crippen LogP) is 1.22. The van der Waals surface area contributed by atoms with Crippen LogP contribution in [0.25, 0.3) is 0 Å². The second-order valence-electron chi connectivity index (χ2n) is 3.29. The van der Waals surface area contributed by atoms with Gasteiger partial charge in [-0.3, -0.25) is 0 Å². The van der Waals surface area contributed by atoms with Crippen LogP contribution >= 0.6 is 0 Å². The Morgan fingerprint density at radius 3 is 2.33 bits per heavy atom. The Bertz CT molecular complexity index is 235. The minimum absolute atomic E-state index is 0.158. The van der Waals surface area contributed by atoms with Crippen LogP contribution in [0.3, 0.4) is 0 Å². The van der Waals surface area contributed by atoms with Crippen LogP contribution in [0.2, 0.25) is 0 Å². The zero-order valence-corrected chi connectivity index (χ0v) is 7.50. The first kappa shape index (κ1) is 10.8. The lowest BCUT2D eigenvalue weighted by molar-refractivity contribution is 0.433. The Morgan fingerprint density at radius 2 is 1.92 bits per heavy atom. The number of nitrogens with zero attached hydrogens (tertiary/aromatic N) is 2. The first-order chi connectivity index (χ1) is 5.52. The normalized spacial score (nSPS) is 12.6. The van der Waals surface area contributed by atoms with Gasteiger partial charge in [0.25, 0.3) is 0 Å². The molecule has 1 unspecified atom stereocenters. The Balaban J connectivity index is 4.22. The molecule has 0 amide bonds. The van der Waals surface area contributed by atoms with E-state index in [2.05, 4.69) is 9.98 Å². The first-order valence-electron chi connectivity index (χ1n) is 3.68. The van der Waals surface area contributed by atoms with E-state index in [1.807, 2.05) is 0 Å². The molecule has 0 rings (SSSR count). The van der Waals surface area contributed by atoms with Crippen molar-refractivity contribution in [3.05, 3.63) is 0 Å². The third-order valence-electron chi connectivity index (χ3n) is 1.42. The van der Waals surface area contributed by atoms with Crippen LogP contribution in [0.5, 0.6) is 0 Å². The van der Waals surface area contributed by atoms with Gasteiger partial charge in [0.1, 0.15) is 0 Å². The Morgan fingerprint density at radius 1 is 1.33 bits per heavy atom. The minimum atomic E-state index is -0.498. The maximum Gasteiger partial charge on any atom is 0.235 e. The summed E-state index contributed by atoms with van der Waals surface area (Å²) >= 11 is 0. The fourth-order valence-electron chi connectivity index (χ4n) is 1.03. The maximum absolute atomic E-state index is 9.96. The lowest BCUT2D eigenvalue weighted by Crippen LogP contribution is -2.21. The highest BCUT2D eigenvalue weighted by Crippen LogP contribution is 2.17. The van der Waals surface area contributed by atoms with Crippen LogP contribution in [0.15, 0.2) is 9.98 Å². The maximum atomic E-state index is 9.96. The van der Waals surface area contributed by atoms with Gasteiger partial charge in [0.15, 0.2) is 0 Å². The van der Waals surface area contributed by atoms with E-state index < -0.39 is 5.54 Å². The molecule has 0 saturated heterocycles. The largest absolute Gasteiger partial charge is 0.235 e. The summed E-state index contributed by atoms with van der Waals surface area (Å²) in [4.78, 5) is 26.9. The van der Waals surface area contributed by atoms with Gasteiger partial charge >= 0.3 is 0 Å². The van der Waals surface area contributed by atoms with Gasteiger partial charge in [-0.25, -0.2) is 14.6 Å². The summed E-state index contributed by atoms with van der Waals surface area (Å²) in [6.45, 7) is 5.34. The van der Waals surface area contributed by atoms with Crippen molar-refractivity contribution >= 4 is 12.2 Å². The number of isocyanates is 2. The predicted molar refractivity (Wildman–Crippen MR) is 44.4 cm³/mol. The minimum Gasteiger partial charge on any atom is -0.211 e. The molecule has 0 fully saturated rings.